The lowest BCUT2D eigenvalue weighted by atomic mass is 10.2. The van der Waals surface area contributed by atoms with Crippen molar-refractivity contribution in [2.75, 3.05) is 5.73 Å². The Morgan fingerprint density at radius 3 is 2.64 bits per heavy atom. The van der Waals surface area contributed by atoms with Gasteiger partial charge in [-0.25, -0.2) is 15.0 Å². The van der Waals surface area contributed by atoms with Crippen LogP contribution in [0, 0.1) is 0 Å². The second-order valence-corrected chi connectivity index (χ2v) is 3.02. The highest BCUT2D eigenvalue weighted by molar-refractivity contribution is 6.28. The van der Waals surface area contributed by atoms with Gasteiger partial charge in [-0.05, 0) is 29.8 Å². The molecule has 0 aromatic carbocycles. The quantitative estimate of drug-likeness (QED) is 0.723. The topological polar surface area (TPSA) is 64.7 Å². The SMILES string of the molecule is Nc1cc(-c2ccnc(Cl)n2)ccn1. The highest BCUT2D eigenvalue weighted by Gasteiger charge is 2.00. The van der Waals surface area contributed by atoms with Crippen LogP contribution in [0.3, 0.4) is 0 Å². The van der Waals surface area contributed by atoms with Crippen LogP contribution in [0.25, 0.3) is 11.3 Å². The maximum Gasteiger partial charge on any atom is 0.222 e. The number of nitrogens with two attached hydrogens (primary N) is 1. The molecule has 0 amide bonds. The van der Waals surface area contributed by atoms with E-state index in [1.54, 1.807) is 24.5 Å². The molecule has 2 N–H and O–H groups in total. The summed E-state index contributed by atoms with van der Waals surface area (Å²) in [5, 5.41) is 0.220. The van der Waals surface area contributed by atoms with Crippen molar-refractivity contribution in [2.24, 2.45) is 0 Å². The standard InChI is InChI=1S/C9H7ClN4/c10-9-13-4-2-7(14-9)6-1-3-12-8(11)5-6/h1-5H,(H2,11,12). The Balaban J connectivity index is 2.49. The van der Waals surface area contributed by atoms with Gasteiger partial charge in [-0.3, -0.25) is 0 Å². The van der Waals surface area contributed by atoms with Gasteiger partial charge in [0.1, 0.15) is 5.82 Å². The Morgan fingerprint density at radius 1 is 1.14 bits per heavy atom. The Morgan fingerprint density at radius 2 is 1.93 bits per heavy atom. The van der Waals surface area contributed by atoms with E-state index in [4.69, 9.17) is 17.3 Å². The Kier molecular flexibility index (Phi) is 2.28. The van der Waals surface area contributed by atoms with Crippen molar-refractivity contribution >= 4 is 17.4 Å². The lowest BCUT2D eigenvalue weighted by Gasteiger charge is -2.00. The number of hydrogen-bond acceptors (Lipinski definition) is 4. The van der Waals surface area contributed by atoms with Gasteiger partial charge in [-0.15, -0.1) is 0 Å². The minimum absolute atomic E-state index is 0.220. The average Bonchev–Trinajstić information content (AvgIpc) is 2.18. The summed E-state index contributed by atoms with van der Waals surface area (Å²) in [6, 6.07) is 5.31. The fraction of sp³-hybridized carbons (Fsp3) is 0. The zero-order chi connectivity index (χ0) is 9.97. The molecule has 0 unspecified atom stereocenters. The second kappa shape index (κ2) is 3.59. The van der Waals surface area contributed by atoms with Gasteiger partial charge in [0, 0.05) is 18.0 Å². The summed E-state index contributed by atoms with van der Waals surface area (Å²) < 4.78 is 0. The van der Waals surface area contributed by atoms with Crippen molar-refractivity contribution in [1.29, 1.82) is 0 Å². The van der Waals surface area contributed by atoms with Gasteiger partial charge in [-0.2, -0.15) is 0 Å². The third-order valence-electron chi connectivity index (χ3n) is 1.70. The lowest BCUT2D eigenvalue weighted by Crippen LogP contribution is -1.91. The monoisotopic (exact) mass is 206 g/mol. The van der Waals surface area contributed by atoms with E-state index < -0.39 is 0 Å². The zero-order valence-corrected chi connectivity index (χ0v) is 7.94. The van der Waals surface area contributed by atoms with Crippen molar-refractivity contribution in [1.82, 2.24) is 15.0 Å². The molecule has 4 nitrogen and oxygen atoms in total. The maximum absolute atomic E-state index is 5.67. The minimum atomic E-state index is 0.220. The summed E-state index contributed by atoms with van der Waals surface area (Å²) in [4.78, 5) is 11.7. The Bertz CT molecular complexity index is 415. The summed E-state index contributed by atoms with van der Waals surface area (Å²) in [6.45, 7) is 0. The minimum Gasteiger partial charge on any atom is -0.384 e. The average molecular weight is 207 g/mol. The molecule has 0 radical (unpaired) electrons. The number of halogens is 1. The highest BCUT2D eigenvalue weighted by Crippen LogP contribution is 2.18. The van der Waals surface area contributed by atoms with Gasteiger partial charge >= 0.3 is 0 Å². The molecule has 14 heavy (non-hydrogen) atoms. The molecule has 0 aliphatic carbocycles. The molecular weight excluding hydrogens is 200 g/mol. The number of rotatable bonds is 1. The smallest absolute Gasteiger partial charge is 0.222 e. The van der Waals surface area contributed by atoms with Crippen molar-refractivity contribution in [3.63, 3.8) is 0 Å². The predicted octanol–water partition coefficient (Wildman–Crippen LogP) is 1.77. The van der Waals surface area contributed by atoms with Gasteiger partial charge in [-0.1, -0.05) is 0 Å². The van der Waals surface area contributed by atoms with E-state index in [0.717, 1.165) is 11.3 Å². The maximum atomic E-state index is 5.67. The lowest BCUT2D eigenvalue weighted by molar-refractivity contribution is 1.17. The van der Waals surface area contributed by atoms with E-state index in [1.165, 1.54) is 0 Å². The molecule has 2 heterocycles. The van der Waals surface area contributed by atoms with Crippen LogP contribution in [-0.4, -0.2) is 15.0 Å². The molecule has 0 spiro atoms. The van der Waals surface area contributed by atoms with E-state index >= 15 is 0 Å². The molecular formula is C9H7ClN4. The number of pyridine rings is 1. The van der Waals surface area contributed by atoms with Crippen LogP contribution < -0.4 is 5.73 Å². The van der Waals surface area contributed by atoms with Crippen molar-refractivity contribution < 1.29 is 0 Å². The zero-order valence-electron chi connectivity index (χ0n) is 7.18. The molecule has 2 aromatic rings. The molecule has 2 aromatic heterocycles. The summed E-state index contributed by atoms with van der Waals surface area (Å²) in [5.74, 6) is 0.456. The molecule has 0 saturated heterocycles. The van der Waals surface area contributed by atoms with E-state index in [1.807, 2.05) is 6.07 Å². The molecule has 0 bridgehead atoms. The van der Waals surface area contributed by atoms with Crippen LogP contribution in [0.5, 0.6) is 0 Å². The Hall–Kier alpha value is -1.68. The number of nitrogens with zero attached hydrogens (tertiary/aromatic N) is 3. The van der Waals surface area contributed by atoms with Crippen LogP contribution >= 0.6 is 11.6 Å². The number of hydrogen-bond donors (Lipinski definition) is 1. The first-order chi connectivity index (χ1) is 6.75. The van der Waals surface area contributed by atoms with Crippen molar-refractivity contribution in [3.8, 4) is 11.3 Å². The second-order valence-electron chi connectivity index (χ2n) is 2.68. The van der Waals surface area contributed by atoms with Gasteiger partial charge in [0.25, 0.3) is 0 Å². The summed E-state index contributed by atoms with van der Waals surface area (Å²) >= 11 is 5.67. The molecule has 0 atom stereocenters. The number of anilines is 1. The third kappa shape index (κ3) is 1.80. The van der Waals surface area contributed by atoms with Gasteiger partial charge in [0.05, 0.1) is 5.69 Å². The molecule has 0 aliphatic rings. The third-order valence-corrected chi connectivity index (χ3v) is 1.89. The van der Waals surface area contributed by atoms with Gasteiger partial charge < -0.3 is 5.73 Å². The van der Waals surface area contributed by atoms with Gasteiger partial charge in [0.2, 0.25) is 5.28 Å². The van der Waals surface area contributed by atoms with E-state index in [2.05, 4.69) is 15.0 Å². The molecule has 5 heteroatoms. The summed E-state index contributed by atoms with van der Waals surface area (Å²) in [7, 11) is 0. The number of nitrogen functional groups attached to an aromatic ring is 1. The first-order valence-electron chi connectivity index (χ1n) is 3.96. The largest absolute Gasteiger partial charge is 0.384 e. The van der Waals surface area contributed by atoms with Crippen molar-refractivity contribution in [3.05, 3.63) is 35.9 Å². The molecule has 0 fully saturated rings. The van der Waals surface area contributed by atoms with Crippen LogP contribution in [0.1, 0.15) is 0 Å². The van der Waals surface area contributed by atoms with Crippen LogP contribution in [0.4, 0.5) is 5.82 Å². The summed E-state index contributed by atoms with van der Waals surface area (Å²) in [6.07, 6.45) is 3.22. The molecule has 0 aliphatic heterocycles. The molecule has 2 rings (SSSR count). The normalized spacial score (nSPS) is 10.1. The fourth-order valence-electron chi connectivity index (χ4n) is 1.10. The van der Waals surface area contributed by atoms with Crippen LogP contribution in [-0.2, 0) is 0 Å². The highest BCUT2D eigenvalue weighted by atomic mass is 35.5. The van der Waals surface area contributed by atoms with Crippen LogP contribution in [0.15, 0.2) is 30.6 Å². The molecule has 70 valence electrons. The van der Waals surface area contributed by atoms with Gasteiger partial charge in [0.15, 0.2) is 0 Å². The molecule has 0 saturated carbocycles. The van der Waals surface area contributed by atoms with E-state index in [-0.39, 0.29) is 5.28 Å². The van der Waals surface area contributed by atoms with E-state index in [9.17, 15) is 0 Å². The summed E-state index contributed by atoms with van der Waals surface area (Å²) in [5.41, 5.74) is 7.16. The van der Waals surface area contributed by atoms with E-state index in [0.29, 0.717) is 5.82 Å². The number of aromatic nitrogens is 3. The van der Waals surface area contributed by atoms with Crippen molar-refractivity contribution in [2.45, 2.75) is 0 Å². The first kappa shape index (κ1) is 8.90. The Labute approximate surface area is 85.8 Å². The first-order valence-corrected chi connectivity index (χ1v) is 4.34. The fourth-order valence-corrected chi connectivity index (χ4v) is 1.25. The van der Waals surface area contributed by atoms with Crippen LogP contribution in [0.2, 0.25) is 5.28 Å². The predicted molar refractivity (Wildman–Crippen MR) is 54.7 cm³/mol.